The van der Waals surface area contributed by atoms with Gasteiger partial charge in [-0.15, -0.1) is 12.4 Å². The van der Waals surface area contributed by atoms with Crippen LogP contribution in [0.4, 0.5) is 21.9 Å². The van der Waals surface area contributed by atoms with E-state index in [0.717, 1.165) is 19.4 Å². The van der Waals surface area contributed by atoms with Crippen molar-refractivity contribution in [3.05, 3.63) is 54.1 Å². The molecular formula is C19H23ClN4O3. The molecule has 0 spiro atoms. The highest BCUT2D eigenvalue weighted by atomic mass is 35.5. The second-order valence-corrected chi connectivity index (χ2v) is 6.09. The zero-order valence-electron chi connectivity index (χ0n) is 14.7. The highest BCUT2D eigenvalue weighted by molar-refractivity contribution is 6.07. The molecular weight excluding hydrogens is 368 g/mol. The van der Waals surface area contributed by atoms with Gasteiger partial charge in [-0.25, -0.2) is 4.79 Å². The van der Waals surface area contributed by atoms with Gasteiger partial charge in [-0.2, -0.15) is 0 Å². The molecule has 1 aliphatic heterocycles. The number of carbonyl (C=O) groups is 2. The summed E-state index contributed by atoms with van der Waals surface area (Å²) < 4.78 is 5.46. The normalized spacial score (nSPS) is 15.5. The molecule has 2 aromatic rings. The highest BCUT2D eigenvalue weighted by Crippen LogP contribution is 2.17. The number of para-hydroxylation sites is 1. The highest BCUT2D eigenvalue weighted by Gasteiger charge is 2.16. The summed E-state index contributed by atoms with van der Waals surface area (Å²) in [5.41, 5.74) is 7.89. The summed E-state index contributed by atoms with van der Waals surface area (Å²) in [7, 11) is 0. The van der Waals surface area contributed by atoms with Crippen LogP contribution in [0.2, 0.25) is 0 Å². The number of amides is 3. The topological polar surface area (TPSA) is 105 Å². The van der Waals surface area contributed by atoms with E-state index in [-0.39, 0.29) is 30.4 Å². The lowest BCUT2D eigenvalue weighted by atomic mass is 10.1. The van der Waals surface area contributed by atoms with Crippen LogP contribution in [0.15, 0.2) is 48.5 Å². The summed E-state index contributed by atoms with van der Waals surface area (Å²) in [5.74, 6) is -0.280. The fraction of sp³-hybridized carbons (Fsp3) is 0.263. The number of nitrogens with two attached hydrogens (primary N) is 1. The second-order valence-electron chi connectivity index (χ2n) is 6.09. The van der Waals surface area contributed by atoms with Crippen molar-refractivity contribution in [2.45, 2.75) is 18.9 Å². The number of urea groups is 1. The predicted molar refractivity (Wildman–Crippen MR) is 108 cm³/mol. The van der Waals surface area contributed by atoms with E-state index in [1.807, 2.05) is 0 Å². The average molecular weight is 391 g/mol. The summed E-state index contributed by atoms with van der Waals surface area (Å²) in [5, 5.41) is 8.32. The zero-order chi connectivity index (χ0) is 18.4. The summed E-state index contributed by atoms with van der Waals surface area (Å²) in [6, 6.07) is 13.5. The van der Waals surface area contributed by atoms with Gasteiger partial charge in [0.05, 0.1) is 11.7 Å². The molecule has 1 unspecified atom stereocenters. The Kier molecular flexibility index (Phi) is 7.45. The van der Waals surface area contributed by atoms with Gasteiger partial charge in [0, 0.05) is 30.2 Å². The third kappa shape index (κ3) is 5.87. The van der Waals surface area contributed by atoms with E-state index in [9.17, 15) is 9.59 Å². The molecule has 0 aliphatic carbocycles. The zero-order valence-corrected chi connectivity index (χ0v) is 15.6. The third-order valence-electron chi connectivity index (χ3n) is 4.12. The molecule has 0 bridgehead atoms. The van der Waals surface area contributed by atoms with E-state index < -0.39 is 0 Å². The van der Waals surface area contributed by atoms with Crippen LogP contribution in [0.5, 0.6) is 0 Å². The SMILES string of the molecule is Cl.Nc1ccccc1C(=O)Nc1ccc(NC(=O)NCC2CCCO2)cc1. The smallest absolute Gasteiger partial charge is 0.319 e. The molecule has 0 saturated carbocycles. The molecule has 0 aromatic heterocycles. The van der Waals surface area contributed by atoms with Gasteiger partial charge >= 0.3 is 6.03 Å². The number of ether oxygens (including phenoxy) is 1. The first-order valence-corrected chi connectivity index (χ1v) is 8.54. The molecule has 8 heteroatoms. The maximum absolute atomic E-state index is 12.2. The summed E-state index contributed by atoms with van der Waals surface area (Å²) in [6.07, 6.45) is 2.11. The van der Waals surface area contributed by atoms with Crippen LogP contribution in [-0.2, 0) is 4.74 Å². The van der Waals surface area contributed by atoms with Gasteiger partial charge in [0.1, 0.15) is 0 Å². The first-order chi connectivity index (χ1) is 12.6. The number of rotatable bonds is 5. The molecule has 1 atom stereocenters. The van der Waals surface area contributed by atoms with Crippen LogP contribution < -0.4 is 21.7 Å². The summed E-state index contributed by atoms with van der Waals surface area (Å²) >= 11 is 0. The number of carbonyl (C=O) groups excluding carboxylic acids is 2. The molecule has 27 heavy (non-hydrogen) atoms. The minimum atomic E-state index is -0.283. The molecule has 7 nitrogen and oxygen atoms in total. The Bertz CT molecular complexity index is 777. The van der Waals surface area contributed by atoms with Crippen LogP contribution >= 0.6 is 12.4 Å². The van der Waals surface area contributed by atoms with E-state index in [2.05, 4.69) is 16.0 Å². The molecule has 1 saturated heterocycles. The maximum atomic E-state index is 12.2. The second kappa shape index (κ2) is 9.80. The van der Waals surface area contributed by atoms with Crippen molar-refractivity contribution in [3.63, 3.8) is 0 Å². The van der Waals surface area contributed by atoms with Gasteiger partial charge < -0.3 is 26.4 Å². The first kappa shape index (κ1) is 20.5. The minimum absolute atomic E-state index is 0. The number of benzene rings is 2. The summed E-state index contributed by atoms with van der Waals surface area (Å²) in [6.45, 7) is 1.26. The predicted octanol–water partition coefficient (Wildman–Crippen LogP) is 3.24. The average Bonchev–Trinajstić information content (AvgIpc) is 3.15. The van der Waals surface area contributed by atoms with Gasteiger partial charge in [-0.05, 0) is 49.2 Å². The van der Waals surface area contributed by atoms with Crippen LogP contribution in [0.1, 0.15) is 23.2 Å². The number of nitrogen functional groups attached to an aromatic ring is 1. The Labute approximate surface area is 164 Å². The van der Waals surface area contributed by atoms with Gasteiger partial charge in [0.25, 0.3) is 5.91 Å². The van der Waals surface area contributed by atoms with Crippen molar-refractivity contribution < 1.29 is 14.3 Å². The lowest BCUT2D eigenvalue weighted by Gasteiger charge is -2.12. The lowest BCUT2D eigenvalue weighted by molar-refractivity contribution is 0.102. The van der Waals surface area contributed by atoms with Crippen LogP contribution in [0, 0.1) is 0 Å². The maximum Gasteiger partial charge on any atom is 0.319 e. The van der Waals surface area contributed by atoms with E-state index in [1.165, 1.54) is 0 Å². The Morgan fingerprint density at radius 3 is 2.33 bits per heavy atom. The Balaban J connectivity index is 0.00000261. The standard InChI is InChI=1S/C19H22N4O3.ClH/c20-17-6-2-1-5-16(17)18(24)22-13-7-9-14(10-8-13)23-19(25)21-12-15-4-3-11-26-15;/h1-2,5-10,15H,3-4,11-12,20H2,(H,22,24)(H2,21,23,25);1H. The van der Waals surface area contributed by atoms with Crippen molar-refractivity contribution in [3.8, 4) is 0 Å². The van der Waals surface area contributed by atoms with Crippen molar-refractivity contribution >= 4 is 41.4 Å². The third-order valence-corrected chi connectivity index (χ3v) is 4.12. The largest absolute Gasteiger partial charge is 0.398 e. The van der Waals surface area contributed by atoms with E-state index in [0.29, 0.717) is 29.2 Å². The molecule has 3 rings (SSSR count). The Morgan fingerprint density at radius 2 is 1.70 bits per heavy atom. The Morgan fingerprint density at radius 1 is 1.04 bits per heavy atom. The fourth-order valence-corrected chi connectivity index (χ4v) is 2.73. The molecule has 5 N–H and O–H groups in total. The van der Waals surface area contributed by atoms with E-state index in [4.69, 9.17) is 10.5 Å². The van der Waals surface area contributed by atoms with E-state index >= 15 is 0 Å². The van der Waals surface area contributed by atoms with Crippen LogP contribution in [-0.4, -0.2) is 31.2 Å². The van der Waals surface area contributed by atoms with E-state index in [1.54, 1.807) is 48.5 Å². The number of anilines is 3. The van der Waals surface area contributed by atoms with Gasteiger partial charge in [0.2, 0.25) is 0 Å². The fourth-order valence-electron chi connectivity index (χ4n) is 2.73. The van der Waals surface area contributed by atoms with Crippen LogP contribution in [0.3, 0.4) is 0 Å². The lowest BCUT2D eigenvalue weighted by Crippen LogP contribution is -2.35. The van der Waals surface area contributed by atoms with Gasteiger partial charge in [-0.3, -0.25) is 4.79 Å². The van der Waals surface area contributed by atoms with Crippen molar-refractivity contribution in [2.24, 2.45) is 0 Å². The Hall–Kier alpha value is -2.77. The van der Waals surface area contributed by atoms with Gasteiger partial charge in [-0.1, -0.05) is 12.1 Å². The number of halogens is 1. The summed E-state index contributed by atoms with van der Waals surface area (Å²) in [4.78, 5) is 24.1. The number of hydrogen-bond acceptors (Lipinski definition) is 4. The van der Waals surface area contributed by atoms with Crippen molar-refractivity contribution in [1.82, 2.24) is 5.32 Å². The molecule has 0 radical (unpaired) electrons. The molecule has 1 heterocycles. The molecule has 3 amide bonds. The van der Waals surface area contributed by atoms with Crippen LogP contribution in [0.25, 0.3) is 0 Å². The molecule has 144 valence electrons. The van der Waals surface area contributed by atoms with Crippen molar-refractivity contribution in [2.75, 3.05) is 29.5 Å². The van der Waals surface area contributed by atoms with Crippen molar-refractivity contribution in [1.29, 1.82) is 0 Å². The minimum Gasteiger partial charge on any atom is -0.398 e. The molecule has 1 aliphatic rings. The molecule has 1 fully saturated rings. The quantitative estimate of drug-likeness (QED) is 0.588. The van der Waals surface area contributed by atoms with Gasteiger partial charge in [0.15, 0.2) is 0 Å². The first-order valence-electron chi connectivity index (χ1n) is 8.54. The monoisotopic (exact) mass is 390 g/mol. The molecule has 2 aromatic carbocycles. The number of hydrogen-bond donors (Lipinski definition) is 4. The number of nitrogens with one attached hydrogen (secondary N) is 3.